The van der Waals surface area contributed by atoms with E-state index in [0.717, 1.165) is 12.3 Å². The topological polar surface area (TPSA) is 71.9 Å². The molecule has 2 aromatic rings. The molecule has 0 fully saturated rings. The van der Waals surface area contributed by atoms with Gasteiger partial charge in [0, 0.05) is 10.7 Å². The highest BCUT2D eigenvalue weighted by Gasteiger charge is 2.14. The molecule has 0 saturated heterocycles. The number of aromatic nitrogens is 2. The molecule has 1 aromatic carbocycles. The van der Waals surface area contributed by atoms with Crippen LogP contribution in [-0.4, -0.2) is 15.3 Å². The van der Waals surface area contributed by atoms with E-state index in [-0.39, 0.29) is 11.3 Å². The highest BCUT2D eigenvalue weighted by molar-refractivity contribution is 9.10. The molecule has 0 amide bonds. The molecule has 5 nitrogen and oxygen atoms in total. The summed E-state index contributed by atoms with van der Waals surface area (Å²) in [7, 11) is 0. The Hall–Kier alpha value is -2.02. The van der Waals surface area contributed by atoms with Gasteiger partial charge in [-0.3, -0.25) is 9.59 Å². The quantitative estimate of drug-likeness (QED) is 0.852. The van der Waals surface area contributed by atoms with Crippen LogP contribution < -0.4 is 11.2 Å². The fourth-order valence-electron chi connectivity index (χ4n) is 1.60. The summed E-state index contributed by atoms with van der Waals surface area (Å²) in [5.41, 5.74) is -1.67. The van der Waals surface area contributed by atoms with Gasteiger partial charge in [-0.2, -0.15) is 0 Å². The molecule has 1 N–H and O–H groups in total. The Balaban J connectivity index is 2.86. The first-order chi connectivity index (χ1) is 8.91. The molecule has 0 bridgehead atoms. The van der Waals surface area contributed by atoms with Crippen LogP contribution in [-0.2, 0) is 0 Å². The third-order valence-corrected chi connectivity index (χ3v) is 3.18. The zero-order chi connectivity index (χ0) is 14.2. The second kappa shape index (κ2) is 4.93. The SMILES string of the molecule is CC(=O)c1c[nH]c(=O)n(-c2cc(F)ccc2Br)c1=O. The molecule has 2 rings (SSSR count). The zero-order valence-corrected chi connectivity index (χ0v) is 11.3. The molecule has 0 aliphatic rings. The summed E-state index contributed by atoms with van der Waals surface area (Å²) in [6.45, 7) is 1.21. The van der Waals surface area contributed by atoms with E-state index in [1.54, 1.807) is 0 Å². The number of nitrogens with one attached hydrogen (secondary N) is 1. The number of hydrogen-bond acceptors (Lipinski definition) is 3. The van der Waals surface area contributed by atoms with E-state index in [1.807, 2.05) is 0 Å². The number of H-pyrrole nitrogens is 1. The second-order valence-electron chi connectivity index (χ2n) is 3.80. The lowest BCUT2D eigenvalue weighted by molar-refractivity contribution is 0.101. The van der Waals surface area contributed by atoms with E-state index in [9.17, 15) is 18.8 Å². The van der Waals surface area contributed by atoms with Crippen LogP contribution in [0.3, 0.4) is 0 Å². The molecule has 1 heterocycles. The molecule has 1 aromatic heterocycles. The second-order valence-corrected chi connectivity index (χ2v) is 4.65. The van der Waals surface area contributed by atoms with Gasteiger partial charge in [-0.1, -0.05) is 0 Å². The first kappa shape index (κ1) is 13.4. The number of nitrogens with zero attached hydrogens (tertiary/aromatic N) is 1. The van der Waals surface area contributed by atoms with Crippen LogP contribution in [0.5, 0.6) is 0 Å². The van der Waals surface area contributed by atoms with E-state index < -0.39 is 22.8 Å². The summed E-state index contributed by atoms with van der Waals surface area (Å²) in [6, 6.07) is 3.59. The number of benzene rings is 1. The molecule has 7 heteroatoms. The Morgan fingerprint density at radius 3 is 2.68 bits per heavy atom. The van der Waals surface area contributed by atoms with E-state index in [1.165, 1.54) is 19.1 Å². The van der Waals surface area contributed by atoms with Gasteiger partial charge in [0.15, 0.2) is 5.78 Å². The van der Waals surface area contributed by atoms with Crippen molar-refractivity contribution in [2.45, 2.75) is 6.92 Å². The molecular weight excluding hydrogens is 319 g/mol. The van der Waals surface area contributed by atoms with Gasteiger partial charge >= 0.3 is 5.69 Å². The molecular formula is C12H8BrFN2O3. The van der Waals surface area contributed by atoms with Crippen molar-refractivity contribution in [3.63, 3.8) is 0 Å². The maximum atomic E-state index is 13.2. The largest absolute Gasteiger partial charge is 0.333 e. The number of halogens is 2. The average molecular weight is 327 g/mol. The van der Waals surface area contributed by atoms with E-state index in [2.05, 4.69) is 20.9 Å². The van der Waals surface area contributed by atoms with Gasteiger partial charge in [0.25, 0.3) is 5.56 Å². The highest BCUT2D eigenvalue weighted by Crippen LogP contribution is 2.19. The molecule has 19 heavy (non-hydrogen) atoms. The maximum Gasteiger partial charge on any atom is 0.333 e. The molecule has 0 aliphatic carbocycles. The van der Waals surface area contributed by atoms with Gasteiger partial charge in [0.05, 0.1) is 11.3 Å². The lowest BCUT2D eigenvalue weighted by Gasteiger charge is -2.08. The van der Waals surface area contributed by atoms with Crippen molar-refractivity contribution in [2.24, 2.45) is 0 Å². The third kappa shape index (κ3) is 2.41. The molecule has 0 radical (unpaired) electrons. The highest BCUT2D eigenvalue weighted by atomic mass is 79.9. The van der Waals surface area contributed by atoms with Crippen LogP contribution >= 0.6 is 15.9 Å². The molecule has 0 spiro atoms. The van der Waals surface area contributed by atoms with Crippen molar-refractivity contribution in [3.8, 4) is 5.69 Å². The number of hydrogen-bond donors (Lipinski definition) is 1. The van der Waals surface area contributed by atoms with Gasteiger partial charge in [-0.25, -0.2) is 13.8 Å². The molecule has 0 saturated carbocycles. The van der Waals surface area contributed by atoms with Gasteiger partial charge in [0.2, 0.25) is 0 Å². The van der Waals surface area contributed by atoms with Crippen LogP contribution in [0.15, 0.2) is 38.5 Å². The molecule has 0 atom stereocenters. The van der Waals surface area contributed by atoms with Crippen molar-refractivity contribution in [2.75, 3.05) is 0 Å². The predicted octanol–water partition coefficient (Wildman–Crippen LogP) is 1.63. The fraction of sp³-hybridized carbons (Fsp3) is 0.0833. The molecule has 0 aliphatic heterocycles. The average Bonchev–Trinajstić information content (AvgIpc) is 2.33. The number of Topliss-reactive ketones (excluding diaryl/α,β-unsaturated/α-hetero) is 1. The lowest BCUT2D eigenvalue weighted by Crippen LogP contribution is -2.36. The fourth-order valence-corrected chi connectivity index (χ4v) is 2.03. The Morgan fingerprint density at radius 2 is 2.05 bits per heavy atom. The van der Waals surface area contributed by atoms with Crippen LogP contribution in [0.25, 0.3) is 5.69 Å². The first-order valence-electron chi connectivity index (χ1n) is 5.23. The Bertz CT molecular complexity index is 779. The molecule has 0 unspecified atom stereocenters. The van der Waals surface area contributed by atoms with Crippen LogP contribution in [0.4, 0.5) is 4.39 Å². The summed E-state index contributed by atoms with van der Waals surface area (Å²) in [4.78, 5) is 37.4. The number of carbonyl (C=O) groups excluding carboxylic acids is 1. The minimum atomic E-state index is -0.789. The maximum absolute atomic E-state index is 13.2. The van der Waals surface area contributed by atoms with Crippen molar-refractivity contribution in [3.05, 3.63) is 61.1 Å². The van der Waals surface area contributed by atoms with Crippen molar-refractivity contribution in [1.29, 1.82) is 0 Å². The number of ketones is 1. The number of rotatable bonds is 2. The van der Waals surface area contributed by atoms with Gasteiger partial charge in [-0.15, -0.1) is 0 Å². The minimum absolute atomic E-state index is 0.0364. The monoisotopic (exact) mass is 326 g/mol. The van der Waals surface area contributed by atoms with Crippen molar-refractivity contribution in [1.82, 2.24) is 9.55 Å². The van der Waals surface area contributed by atoms with Gasteiger partial charge < -0.3 is 4.98 Å². The summed E-state index contributed by atoms with van der Waals surface area (Å²) in [5, 5.41) is 0. The van der Waals surface area contributed by atoms with E-state index >= 15 is 0 Å². The smallest absolute Gasteiger partial charge is 0.313 e. The van der Waals surface area contributed by atoms with Gasteiger partial charge in [-0.05, 0) is 41.1 Å². The zero-order valence-electron chi connectivity index (χ0n) is 9.74. The summed E-state index contributed by atoms with van der Waals surface area (Å²) >= 11 is 3.13. The predicted molar refractivity (Wildman–Crippen MR) is 70.3 cm³/mol. The number of aromatic amines is 1. The van der Waals surface area contributed by atoms with Gasteiger partial charge in [0.1, 0.15) is 5.82 Å². The summed E-state index contributed by atoms with van der Waals surface area (Å²) in [5.74, 6) is -1.08. The first-order valence-corrected chi connectivity index (χ1v) is 6.02. The molecule has 98 valence electrons. The Labute approximate surface area is 114 Å². The summed E-state index contributed by atoms with van der Waals surface area (Å²) in [6.07, 6.45) is 1.05. The van der Waals surface area contributed by atoms with Crippen LogP contribution in [0, 0.1) is 5.82 Å². The minimum Gasteiger partial charge on any atom is -0.313 e. The number of carbonyl (C=O) groups is 1. The van der Waals surface area contributed by atoms with Crippen molar-refractivity contribution >= 4 is 21.7 Å². The standard InChI is InChI=1S/C12H8BrFN2O3/c1-6(17)8-5-15-12(19)16(11(8)18)10-4-7(14)2-3-9(10)13/h2-5H,1H3,(H,15,19). The lowest BCUT2D eigenvalue weighted by atomic mass is 10.2. The Kier molecular flexibility index (Phi) is 3.48. The van der Waals surface area contributed by atoms with Crippen molar-refractivity contribution < 1.29 is 9.18 Å². The van der Waals surface area contributed by atoms with Crippen LogP contribution in [0.1, 0.15) is 17.3 Å². The van der Waals surface area contributed by atoms with E-state index in [4.69, 9.17) is 0 Å². The van der Waals surface area contributed by atoms with E-state index in [0.29, 0.717) is 9.04 Å². The van der Waals surface area contributed by atoms with Crippen LogP contribution in [0.2, 0.25) is 0 Å². The summed E-state index contributed by atoms with van der Waals surface area (Å²) < 4.78 is 14.3. The Morgan fingerprint density at radius 1 is 1.37 bits per heavy atom. The normalized spacial score (nSPS) is 10.5. The third-order valence-electron chi connectivity index (χ3n) is 2.50.